The highest BCUT2D eigenvalue weighted by Crippen LogP contribution is 2.04. The summed E-state index contributed by atoms with van der Waals surface area (Å²) in [6.45, 7) is 0. The molecule has 0 saturated carbocycles. The third-order valence-corrected chi connectivity index (χ3v) is 2.32. The number of hydrogen-bond donors (Lipinski definition) is 3. The molecule has 1 aromatic heterocycles. The van der Waals surface area contributed by atoms with E-state index in [2.05, 4.69) is 4.98 Å². The number of hydrogen-bond acceptors (Lipinski definition) is 4. The molecule has 4 N–H and O–H groups in total. The molecule has 0 unspecified atom stereocenters. The second kappa shape index (κ2) is 7.39. The Morgan fingerprint density at radius 1 is 0.857 bits per heavy atom. The molecule has 1 heterocycles. The molecule has 0 aliphatic heterocycles. The van der Waals surface area contributed by atoms with Crippen LogP contribution in [0.5, 0.6) is 0 Å². The number of nitrogens with zero attached hydrogens (tertiary/aromatic N) is 1. The number of amides is 1. The van der Waals surface area contributed by atoms with Crippen molar-refractivity contribution in [1.29, 1.82) is 0 Å². The number of aromatic nitrogens is 1. The van der Waals surface area contributed by atoms with Crippen LogP contribution in [-0.2, 0) is 0 Å². The molecule has 0 saturated heterocycles. The lowest BCUT2D eigenvalue weighted by Crippen LogP contribution is -2.10. The third kappa shape index (κ3) is 5.11. The van der Waals surface area contributed by atoms with Crippen LogP contribution in [0.1, 0.15) is 31.1 Å². The molecule has 7 nitrogen and oxygen atoms in total. The maximum absolute atomic E-state index is 10.4. The Morgan fingerprint density at radius 2 is 1.33 bits per heavy atom. The van der Waals surface area contributed by atoms with Gasteiger partial charge in [0.2, 0.25) is 5.91 Å². The van der Waals surface area contributed by atoms with Crippen LogP contribution in [0.25, 0.3) is 0 Å². The van der Waals surface area contributed by atoms with Gasteiger partial charge < -0.3 is 15.9 Å². The monoisotopic (exact) mass is 288 g/mol. The average molecular weight is 288 g/mol. The van der Waals surface area contributed by atoms with Gasteiger partial charge in [0.15, 0.2) is 0 Å². The van der Waals surface area contributed by atoms with Gasteiger partial charge in [0.25, 0.3) is 0 Å². The van der Waals surface area contributed by atoms with Crippen LogP contribution in [0.3, 0.4) is 0 Å². The van der Waals surface area contributed by atoms with E-state index in [1.807, 2.05) is 0 Å². The van der Waals surface area contributed by atoms with E-state index in [1.54, 1.807) is 12.1 Å². The van der Waals surface area contributed by atoms with E-state index in [4.69, 9.17) is 15.9 Å². The summed E-state index contributed by atoms with van der Waals surface area (Å²) in [5.41, 5.74) is 5.40. The second-order valence-electron chi connectivity index (χ2n) is 3.79. The van der Waals surface area contributed by atoms with Gasteiger partial charge in [-0.2, -0.15) is 0 Å². The Labute approximate surface area is 119 Å². The average Bonchev–Trinajstić information content (AvgIpc) is 2.49. The zero-order chi connectivity index (χ0) is 15.8. The molecule has 0 radical (unpaired) electrons. The maximum Gasteiger partial charge on any atom is 0.335 e. The summed E-state index contributed by atoms with van der Waals surface area (Å²) in [6, 6.07) is 8.34. The van der Waals surface area contributed by atoms with Crippen molar-refractivity contribution in [1.82, 2.24) is 4.98 Å². The molecule has 1 aromatic carbocycles. The topological polar surface area (TPSA) is 131 Å². The highest BCUT2D eigenvalue weighted by Gasteiger charge is 2.06. The van der Waals surface area contributed by atoms with Crippen molar-refractivity contribution in [2.75, 3.05) is 0 Å². The molecule has 21 heavy (non-hydrogen) atoms. The van der Waals surface area contributed by atoms with Gasteiger partial charge in [-0.1, -0.05) is 6.07 Å². The molecule has 0 spiro atoms. The van der Waals surface area contributed by atoms with Gasteiger partial charge in [-0.05, 0) is 30.3 Å². The lowest BCUT2D eigenvalue weighted by atomic mass is 10.1. The van der Waals surface area contributed by atoms with Crippen LogP contribution in [-0.4, -0.2) is 33.0 Å². The van der Waals surface area contributed by atoms with Crippen molar-refractivity contribution in [3.63, 3.8) is 0 Å². The number of carboxylic acid groups (broad SMARTS) is 2. The summed E-state index contributed by atoms with van der Waals surface area (Å²) in [5.74, 6) is -2.67. The van der Waals surface area contributed by atoms with Crippen LogP contribution in [0.15, 0.2) is 48.8 Å². The zero-order valence-corrected chi connectivity index (χ0v) is 10.8. The standard InChI is InChI=1S/C8H6O4.C6H6N2O/c9-7(10)5-2-1-3-6(4-5)8(11)12;7-6(9)5-1-3-8-4-2-5/h1-4H,(H,9,10)(H,11,12);1-4H,(H2,7,9). The van der Waals surface area contributed by atoms with Crippen molar-refractivity contribution in [3.05, 3.63) is 65.5 Å². The Morgan fingerprint density at radius 3 is 1.67 bits per heavy atom. The molecule has 0 fully saturated rings. The molecule has 0 atom stereocenters. The molecular weight excluding hydrogens is 276 g/mol. The van der Waals surface area contributed by atoms with E-state index in [0.29, 0.717) is 5.56 Å². The minimum absolute atomic E-state index is 0.0186. The van der Waals surface area contributed by atoms with E-state index < -0.39 is 17.8 Å². The number of pyridine rings is 1. The van der Waals surface area contributed by atoms with Gasteiger partial charge >= 0.3 is 11.9 Å². The third-order valence-electron chi connectivity index (χ3n) is 2.32. The molecule has 108 valence electrons. The van der Waals surface area contributed by atoms with Crippen LogP contribution in [0.2, 0.25) is 0 Å². The molecule has 0 aliphatic carbocycles. The van der Waals surface area contributed by atoms with E-state index in [0.717, 1.165) is 6.07 Å². The minimum atomic E-state index is -1.13. The van der Waals surface area contributed by atoms with E-state index in [1.165, 1.54) is 30.6 Å². The van der Waals surface area contributed by atoms with Crippen molar-refractivity contribution in [2.24, 2.45) is 5.73 Å². The first-order valence-electron chi connectivity index (χ1n) is 5.68. The van der Waals surface area contributed by atoms with Crippen molar-refractivity contribution >= 4 is 17.8 Å². The minimum Gasteiger partial charge on any atom is -0.478 e. The highest BCUT2D eigenvalue weighted by molar-refractivity contribution is 5.93. The number of rotatable bonds is 3. The first-order valence-corrected chi connectivity index (χ1v) is 5.68. The Balaban J connectivity index is 0.000000219. The SMILES string of the molecule is NC(=O)c1ccncc1.O=C(O)c1cccc(C(=O)O)c1. The lowest BCUT2D eigenvalue weighted by Gasteiger charge is -1.95. The first-order chi connectivity index (χ1) is 9.91. The number of carboxylic acids is 2. The van der Waals surface area contributed by atoms with Gasteiger partial charge in [-0.15, -0.1) is 0 Å². The van der Waals surface area contributed by atoms with Gasteiger partial charge in [-0.3, -0.25) is 9.78 Å². The number of aromatic carboxylic acids is 2. The summed E-state index contributed by atoms with van der Waals surface area (Å²) in [7, 11) is 0. The smallest absolute Gasteiger partial charge is 0.335 e. The fraction of sp³-hybridized carbons (Fsp3) is 0. The van der Waals surface area contributed by atoms with Crippen LogP contribution in [0, 0.1) is 0 Å². The van der Waals surface area contributed by atoms with Crippen molar-refractivity contribution < 1.29 is 24.6 Å². The second-order valence-corrected chi connectivity index (χ2v) is 3.79. The fourth-order valence-electron chi connectivity index (χ4n) is 1.30. The number of benzene rings is 1. The predicted molar refractivity (Wildman–Crippen MR) is 73.1 cm³/mol. The number of primary amides is 1. The maximum atomic E-state index is 10.4. The van der Waals surface area contributed by atoms with E-state index >= 15 is 0 Å². The van der Waals surface area contributed by atoms with Gasteiger partial charge in [0.1, 0.15) is 0 Å². The molecule has 7 heteroatoms. The molecule has 0 bridgehead atoms. The summed E-state index contributed by atoms with van der Waals surface area (Å²) >= 11 is 0. The van der Waals surface area contributed by atoms with Crippen LogP contribution < -0.4 is 5.73 Å². The Bertz CT molecular complexity index is 626. The largest absolute Gasteiger partial charge is 0.478 e. The van der Waals surface area contributed by atoms with Crippen molar-refractivity contribution in [3.8, 4) is 0 Å². The molecule has 0 aliphatic rings. The summed E-state index contributed by atoms with van der Waals surface area (Å²) < 4.78 is 0. The number of carbonyl (C=O) groups is 3. The molecule has 1 amide bonds. The van der Waals surface area contributed by atoms with Crippen molar-refractivity contribution in [2.45, 2.75) is 0 Å². The summed E-state index contributed by atoms with van der Waals surface area (Å²) in [4.78, 5) is 34.9. The Kier molecular flexibility index (Phi) is 5.57. The normalized spacial score (nSPS) is 9.14. The summed E-state index contributed by atoms with van der Waals surface area (Å²) in [5, 5.41) is 17.0. The van der Waals surface area contributed by atoms with E-state index in [-0.39, 0.29) is 11.1 Å². The first kappa shape index (κ1) is 15.8. The number of nitrogens with two attached hydrogens (primary N) is 1. The predicted octanol–water partition coefficient (Wildman–Crippen LogP) is 1.26. The van der Waals surface area contributed by atoms with E-state index in [9.17, 15) is 14.4 Å². The lowest BCUT2D eigenvalue weighted by molar-refractivity contribution is 0.0696. The highest BCUT2D eigenvalue weighted by atomic mass is 16.4. The molecule has 2 aromatic rings. The zero-order valence-electron chi connectivity index (χ0n) is 10.8. The summed E-state index contributed by atoms with van der Waals surface area (Å²) in [6.07, 6.45) is 3.06. The van der Waals surface area contributed by atoms with Gasteiger partial charge in [0, 0.05) is 18.0 Å². The van der Waals surface area contributed by atoms with Crippen LogP contribution in [0.4, 0.5) is 0 Å². The Hall–Kier alpha value is -3.22. The molecule has 2 rings (SSSR count). The van der Waals surface area contributed by atoms with Crippen LogP contribution >= 0.6 is 0 Å². The van der Waals surface area contributed by atoms with Gasteiger partial charge in [0.05, 0.1) is 11.1 Å². The number of carbonyl (C=O) groups excluding carboxylic acids is 1. The molecular formula is C14H12N2O5. The van der Waals surface area contributed by atoms with Gasteiger partial charge in [-0.25, -0.2) is 9.59 Å². The quantitative estimate of drug-likeness (QED) is 0.779. The fourth-order valence-corrected chi connectivity index (χ4v) is 1.30.